The van der Waals surface area contributed by atoms with Crippen LogP contribution in [0.15, 0.2) is 58.3 Å². The van der Waals surface area contributed by atoms with Crippen LogP contribution in [0.25, 0.3) is 0 Å². The van der Waals surface area contributed by atoms with Crippen molar-refractivity contribution in [2.24, 2.45) is 0 Å². The number of hydrogen-bond donors (Lipinski definition) is 0. The smallest absolute Gasteiger partial charge is 0.283 e. The summed E-state index contributed by atoms with van der Waals surface area (Å²) in [4.78, 5) is 29.5. The first-order valence-corrected chi connectivity index (χ1v) is 11.0. The monoisotopic (exact) mass is 429 g/mol. The number of benzene rings is 2. The number of carbonyl (C=O) groups is 1. The van der Waals surface area contributed by atoms with Crippen LogP contribution in [0.2, 0.25) is 0 Å². The van der Waals surface area contributed by atoms with E-state index < -0.39 is 4.92 Å². The summed E-state index contributed by atoms with van der Waals surface area (Å²) in [5, 5.41) is 11.3. The second kappa shape index (κ2) is 11.1. The first kappa shape index (κ1) is 22.3. The second-order valence-electron chi connectivity index (χ2n) is 7.07. The molecule has 1 heterocycles. The summed E-state index contributed by atoms with van der Waals surface area (Å²) in [5.74, 6) is -0.0291. The Bertz CT molecular complexity index is 869. The third-order valence-electron chi connectivity index (χ3n) is 4.96. The third-order valence-corrected chi connectivity index (χ3v) is 6.10. The number of piperazine rings is 1. The molecule has 0 unspecified atom stereocenters. The van der Waals surface area contributed by atoms with E-state index in [1.54, 1.807) is 24.3 Å². The van der Waals surface area contributed by atoms with Gasteiger partial charge in [0, 0.05) is 50.3 Å². The zero-order valence-corrected chi connectivity index (χ0v) is 18.0. The summed E-state index contributed by atoms with van der Waals surface area (Å²) < 4.78 is 5.56. The van der Waals surface area contributed by atoms with Crippen molar-refractivity contribution in [2.45, 2.75) is 23.1 Å². The number of nitro groups is 1. The number of hydrogen-bond acceptors (Lipinski definition) is 6. The molecule has 0 radical (unpaired) electrons. The highest BCUT2D eigenvalue weighted by Gasteiger charge is 2.24. The van der Waals surface area contributed by atoms with E-state index in [0.717, 1.165) is 44.2 Å². The lowest BCUT2D eigenvalue weighted by Gasteiger charge is -2.35. The highest BCUT2D eigenvalue weighted by atomic mass is 32.2. The third kappa shape index (κ3) is 5.81. The topological polar surface area (TPSA) is 75.9 Å². The quantitative estimate of drug-likeness (QED) is 0.342. The number of para-hydroxylation sites is 1. The standard InChI is InChI=1S/C22H27N3O4S/c1-2-16-29-17-15-23-11-13-24(14-12-23)22(26)18-7-3-5-9-20(18)30-21-10-6-4-8-19(21)25(27)28/h3-10H,2,11-17H2,1H3. The van der Waals surface area contributed by atoms with E-state index in [2.05, 4.69) is 11.8 Å². The highest BCUT2D eigenvalue weighted by Crippen LogP contribution is 2.36. The van der Waals surface area contributed by atoms with Gasteiger partial charge in [0.1, 0.15) is 0 Å². The molecule has 2 aromatic carbocycles. The van der Waals surface area contributed by atoms with Crippen molar-refractivity contribution >= 4 is 23.4 Å². The summed E-state index contributed by atoms with van der Waals surface area (Å²) >= 11 is 1.26. The predicted molar refractivity (Wildman–Crippen MR) is 117 cm³/mol. The Morgan fingerprint density at radius 3 is 2.40 bits per heavy atom. The molecule has 8 heteroatoms. The molecule has 0 spiro atoms. The zero-order valence-electron chi connectivity index (χ0n) is 17.2. The van der Waals surface area contributed by atoms with Crippen LogP contribution in [0.5, 0.6) is 0 Å². The maximum absolute atomic E-state index is 13.2. The van der Waals surface area contributed by atoms with Crippen molar-refractivity contribution in [2.75, 3.05) is 45.9 Å². The molecule has 2 aromatic rings. The fraction of sp³-hybridized carbons (Fsp3) is 0.409. The minimum Gasteiger partial charge on any atom is -0.380 e. The molecule has 0 aliphatic carbocycles. The molecule has 30 heavy (non-hydrogen) atoms. The maximum atomic E-state index is 13.2. The number of ether oxygens (including phenoxy) is 1. The molecular formula is C22H27N3O4S. The molecule has 0 atom stereocenters. The Balaban J connectivity index is 1.65. The van der Waals surface area contributed by atoms with Gasteiger partial charge in [-0.1, -0.05) is 43.0 Å². The van der Waals surface area contributed by atoms with E-state index in [-0.39, 0.29) is 11.6 Å². The number of carbonyl (C=O) groups excluding carboxylic acids is 1. The van der Waals surface area contributed by atoms with Gasteiger partial charge in [-0.05, 0) is 24.6 Å². The van der Waals surface area contributed by atoms with Crippen molar-refractivity contribution in [3.63, 3.8) is 0 Å². The average Bonchev–Trinajstić information content (AvgIpc) is 2.77. The minimum absolute atomic E-state index is 0.0291. The van der Waals surface area contributed by atoms with Gasteiger partial charge >= 0.3 is 0 Å². The summed E-state index contributed by atoms with van der Waals surface area (Å²) in [6.07, 6.45) is 1.02. The van der Waals surface area contributed by atoms with Crippen molar-refractivity contribution in [1.29, 1.82) is 0 Å². The van der Waals surface area contributed by atoms with Crippen molar-refractivity contribution in [3.8, 4) is 0 Å². The number of amides is 1. The lowest BCUT2D eigenvalue weighted by Crippen LogP contribution is -2.49. The second-order valence-corrected chi connectivity index (χ2v) is 8.15. The fourth-order valence-corrected chi connectivity index (χ4v) is 4.37. The maximum Gasteiger partial charge on any atom is 0.283 e. The summed E-state index contributed by atoms with van der Waals surface area (Å²) in [7, 11) is 0. The minimum atomic E-state index is -0.393. The molecule has 7 nitrogen and oxygen atoms in total. The van der Waals surface area contributed by atoms with Crippen LogP contribution in [-0.4, -0.2) is 66.6 Å². The molecule has 1 aliphatic heterocycles. The summed E-state index contributed by atoms with van der Waals surface area (Å²) in [6, 6.07) is 13.9. The highest BCUT2D eigenvalue weighted by molar-refractivity contribution is 7.99. The van der Waals surface area contributed by atoms with Gasteiger partial charge in [0.2, 0.25) is 0 Å². The molecule has 0 saturated carbocycles. The Kier molecular flexibility index (Phi) is 8.24. The fourth-order valence-electron chi connectivity index (χ4n) is 3.33. The van der Waals surface area contributed by atoms with Crippen LogP contribution in [-0.2, 0) is 4.74 Å². The number of nitrogens with zero attached hydrogens (tertiary/aromatic N) is 3. The lowest BCUT2D eigenvalue weighted by molar-refractivity contribution is -0.387. The van der Waals surface area contributed by atoms with Gasteiger partial charge in [0.05, 0.1) is 22.0 Å². The molecule has 1 amide bonds. The molecule has 1 saturated heterocycles. The number of nitro benzene ring substituents is 1. The first-order valence-electron chi connectivity index (χ1n) is 10.2. The van der Waals surface area contributed by atoms with Crippen LogP contribution in [0.1, 0.15) is 23.7 Å². The van der Waals surface area contributed by atoms with Crippen LogP contribution >= 0.6 is 11.8 Å². The van der Waals surface area contributed by atoms with Gasteiger partial charge in [0.25, 0.3) is 11.6 Å². The molecule has 0 bridgehead atoms. The van der Waals surface area contributed by atoms with Gasteiger partial charge in [-0.3, -0.25) is 19.8 Å². The van der Waals surface area contributed by atoms with Gasteiger partial charge < -0.3 is 9.64 Å². The molecule has 0 N–H and O–H groups in total. The molecule has 3 rings (SSSR count). The average molecular weight is 430 g/mol. The van der Waals surface area contributed by atoms with Gasteiger partial charge in [-0.15, -0.1) is 0 Å². The Labute approximate surface area is 181 Å². The lowest BCUT2D eigenvalue weighted by atomic mass is 10.2. The van der Waals surface area contributed by atoms with Crippen LogP contribution in [0, 0.1) is 10.1 Å². The van der Waals surface area contributed by atoms with Crippen LogP contribution < -0.4 is 0 Å². The van der Waals surface area contributed by atoms with Crippen LogP contribution in [0.3, 0.4) is 0 Å². The summed E-state index contributed by atoms with van der Waals surface area (Å²) in [6.45, 7) is 7.45. The van der Waals surface area contributed by atoms with Crippen LogP contribution in [0.4, 0.5) is 5.69 Å². The van der Waals surface area contributed by atoms with E-state index in [4.69, 9.17) is 4.74 Å². The first-order chi connectivity index (χ1) is 14.6. The molecule has 1 fully saturated rings. The van der Waals surface area contributed by atoms with Crippen molar-refractivity contribution in [1.82, 2.24) is 9.80 Å². The van der Waals surface area contributed by atoms with E-state index >= 15 is 0 Å². The Morgan fingerprint density at radius 2 is 1.70 bits per heavy atom. The Hall–Kier alpha value is -2.42. The van der Waals surface area contributed by atoms with Gasteiger partial charge in [0.15, 0.2) is 0 Å². The van der Waals surface area contributed by atoms with Crippen molar-refractivity contribution < 1.29 is 14.5 Å². The SMILES string of the molecule is CCCOCCN1CCN(C(=O)c2ccccc2Sc2ccccc2[N+](=O)[O-])CC1. The van der Waals surface area contributed by atoms with Crippen molar-refractivity contribution in [3.05, 3.63) is 64.2 Å². The predicted octanol–water partition coefficient (Wildman–Crippen LogP) is 3.93. The van der Waals surface area contributed by atoms with Gasteiger partial charge in [-0.2, -0.15) is 0 Å². The molecule has 0 aromatic heterocycles. The normalized spacial score (nSPS) is 14.6. The zero-order chi connectivity index (χ0) is 21.3. The molecular weight excluding hydrogens is 402 g/mol. The summed E-state index contributed by atoms with van der Waals surface area (Å²) in [5.41, 5.74) is 0.629. The largest absolute Gasteiger partial charge is 0.380 e. The van der Waals surface area contributed by atoms with E-state index in [9.17, 15) is 14.9 Å². The van der Waals surface area contributed by atoms with E-state index in [0.29, 0.717) is 23.5 Å². The van der Waals surface area contributed by atoms with E-state index in [1.807, 2.05) is 23.1 Å². The molecule has 160 valence electrons. The van der Waals surface area contributed by atoms with E-state index in [1.165, 1.54) is 17.8 Å². The van der Waals surface area contributed by atoms with Gasteiger partial charge in [-0.25, -0.2) is 0 Å². The number of rotatable bonds is 9. The Morgan fingerprint density at radius 1 is 1.03 bits per heavy atom. The molecule has 1 aliphatic rings.